The minimum atomic E-state index is -3.88. The molecular weight excluding hydrogens is 450 g/mol. The molecule has 0 aromatic heterocycles. The Bertz CT molecular complexity index is 1110. The Balaban J connectivity index is 2.13. The molecular formula is C22H31N3O5S2. The molecule has 1 atom stereocenters. The Labute approximate surface area is 190 Å². The number of benzene rings is 2. The second kappa shape index (κ2) is 10.9. The molecule has 0 spiro atoms. The van der Waals surface area contributed by atoms with Gasteiger partial charge in [-0.3, -0.25) is 9.52 Å². The zero-order valence-corrected chi connectivity index (χ0v) is 20.4. The van der Waals surface area contributed by atoms with E-state index >= 15 is 0 Å². The minimum Gasteiger partial charge on any atom is -0.325 e. The summed E-state index contributed by atoms with van der Waals surface area (Å²) >= 11 is 0. The largest absolute Gasteiger partial charge is 0.325 e. The standard InChI is InChI=1S/C22H31N3O5S2/c1-5-14-31(27,28)24-19-10-8-18(9-11-19)23-22(26)21(15-16(2)3)25-32(29,30)20-12-6-17(4)7-13-20/h6-13,16,21,24-25H,5,14-15H2,1-4H3,(H,23,26). The molecule has 2 aromatic rings. The number of hydrogen-bond donors (Lipinski definition) is 3. The molecule has 8 nitrogen and oxygen atoms in total. The molecule has 2 aromatic carbocycles. The van der Waals surface area contributed by atoms with Gasteiger partial charge < -0.3 is 5.32 Å². The monoisotopic (exact) mass is 481 g/mol. The summed E-state index contributed by atoms with van der Waals surface area (Å²) in [5, 5.41) is 2.70. The number of carbonyl (C=O) groups excluding carboxylic acids is 1. The number of carbonyl (C=O) groups is 1. The summed E-state index contributed by atoms with van der Waals surface area (Å²) in [6.07, 6.45) is 0.811. The second-order valence-corrected chi connectivity index (χ2v) is 11.7. The van der Waals surface area contributed by atoms with Crippen LogP contribution >= 0.6 is 0 Å². The van der Waals surface area contributed by atoms with Crippen molar-refractivity contribution < 1.29 is 21.6 Å². The van der Waals surface area contributed by atoms with E-state index in [1.54, 1.807) is 31.2 Å². The summed E-state index contributed by atoms with van der Waals surface area (Å²) in [5.41, 5.74) is 1.74. The molecule has 0 bridgehead atoms. The van der Waals surface area contributed by atoms with Crippen LogP contribution in [0.2, 0.25) is 0 Å². The molecule has 3 N–H and O–H groups in total. The summed E-state index contributed by atoms with van der Waals surface area (Å²) in [6.45, 7) is 7.44. The Hall–Kier alpha value is -2.43. The van der Waals surface area contributed by atoms with Crippen LogP contribution in [-0.2, 0) is 24.8 Å². The zero-order valence-electron chi connectivity index (χ0n) is 18.8. The van der Waals surface area contributed by atoms with Gasteiger partial charge in [0.25, 0.3) is 0 Å². The van der Waals surface area contributed by atoms with E-state index in [1.807, 2.05) is 20.8 Å². The predicted octanol–water partition coefficient (Wildman–Crippen LogP) is 3.48. The number of nitrogens with one attached hydrogen (secondary N) is 3. The van der Waals surface area contributed by atoms with Crippen LogP contribution in [0.1, 0.15) is 39.2 Å². The summed E-state index contributed by atoms with van der Waals surface area (Å²) < 4.78 is 54.3. The average Bonchev–Trinajstić information content (AvgIpc) is 2.68. The van der Waals surface area contributed by atoms with E-state index in [-0.39, 0.29) is 16.6 Å². The topological polar surface area (TPSA) is 121 Å². The van der Waals surface area contributed by atoms with E-state index < -0.39 is 32.0 Å². The van der Waals surface area contributed by atoms with E-state index in [1.165, 1.54) is 24.3 Å². The normalized spacial score (nSPS) is 13.0. The fourth-order valence-corrected chi connectivity index (χ4v) is 5.35. The lowest BCUT2D eigenvalue weighted by Gasteiger charge is -2.20. The van der Waals surface area contributed by atoms with E-state index in [4.69, 9.17) is 0 Å². The third-order valence-electron chi connectivity index (χ3n) is 4.55. The van der Waals surface area contributed by atoms with Crippen molar-refractivity contribution in [1.29, 1.82) is 0 Å². The molecule has 0 saturated heterocycles. The lowest BCUT2D eigenvalue weighted by Crippen LogP contribution is -2.44. The van der Waals surface area contributed by atoms with Gasteiger partial charge in [0.05, 0.1) is 10.6 Å². The summed E-state index contributed by atoms with van der Waals surface area (Å²) in [6, 6.07) is 11.6. The van der Waals surface area contributed by atoms with Gasteiger partial charge in [0, 0.05) is 11.4 Å². The number of rotatable bonds is 11. The van der Waals surface area contributed by atoms with Gasteiger partial charge in [0.1, 0.15) is 6.04 Å². The van der Waals surface area contributed by atoms with Crippen molar-refractivity contribution in [3.05, 3.63) is 54.1 Å². The first-order valence-corrected chi connectivity index (χ1v) is 13.6. The molecule has 1 amide bonds. The molecule has 1 unspecified atom stereocenters. The molecule has 0 saturated carbocycles. The van der Waals surface area contributed by atoms with Crippen molar-refractivity contribution in [3.63, 3.8) is 0 Å². The van der Waals surface area contributed by atoms with Crippen molar-refractivity contribution in [2.24, 2.45) is 5.92 Å². The molecule has 0 aliphatic carbocycles. The number of aryl methyl sites for hydroxylation is 1. The van der Waals surface area contributed by atoms with Gasteiger partial charge in [-0.05, 0) is 62.1 Å². The maximum Gasteiger partial charge on any atom is 0.242 e. The average molecular weight is 482 g/mol. The van der Waals surface area contributed by atoms with E-state index in [2.05, 4.69) is 14.8 Å². The fourth-order valence-electron chi connectivity index (χ4n) is 3.00. The van der Waals surface area contributed by atoms with Crippen LogP contribution in [0.3, 0.4) is 0 Å². The van der Waals surface area contributed by atoms with Gasteiger partial charge in [-0.2, -0.15) is 4.72 Å². The lowest BCUT2D eigenvalue weighted by atomic mass is 10.0. The number of amides is 1. The van der Waals surface area contributed by atoms with Crippen molar-refractivity contribution in [2.75, 3.05) is 15.8 Å². The maximum absolute atomic E-state index is 12.9. The third kappa shape index (κ3) is 7.92. The van der Waals surface area contributed by atoms with Crippen LogP contribution in [0.5, 0.6) is 0 Å². The summed E-state index contributed by atoms with van der Waals surface area (Å²) in [7, 11) is -7.29. The van der Waals surface area contributed by atoms with E-state index in [0.717, 1.165) is 5.56 Å². The molecule has 0 aliphatic heterocycles. The van der Waals surface area contributed by atoms with Crippen LogP contribution in [0.25, 0.3) is 0 Å². The van der Waals surface area contributed by atoms with Crippen LogP contribution < -0.4 is 14.8 Å². The predicted molar refractivity (Wildman–Crippen MR) is 128 cm³/mol. The van der Waals surface area contributed by atoms with Crippen LogP contribution in [0, 0.1) is 12.8 Å². The number of hydrogen-bond acceptors (Lipinski definition) is 5. The van der Waals surface area contributed by atoms with E-state index in [0.29, 0.717) is 24.2 Å². The summed E-state index contributed by atoms with van der Waals surface area (Å²) in [4.78, 5) is 13.0. The molecule has 0 radical (unpaired) electrons. The van der Waals surface area contributed by atoms with Crippen LogP contribution in [0.4, 0.5) is 11.4 Å². The van der Waals surface area contributed by atoms with Crippen molar-refractivity contribution >= 4 is 37.3 Å². The number of anilines is 2. The second-order valence-electron chi connectivity index (χ2n) is 8.10. The third-order valence-corrected chi connectivity index (χ3v) is 7.53. The highest BCUT2D eigenvalue weighted by Crippen LogP contribution is 2.18. The Morgan fingerprint density at radius 3 is 2.00 bits per heavy atom. The van der Waals surface area contributed by atoms with Gasteiger partial charge in [0.15, 0.2) is 0 Å². The van der Waals surface area contributed by atoms with Gasteiger partial charge in [-0.15, -0.1) is 0 Å². The van der Waals surface area contributed by atoms with Gasteiger partial charge in [-0.1, -0.05) is 38.5 Å². The highest BCUT2D eigenvalue weighted by atomic mass is 32.2. The van der Waals surface area contributed by atoms with E-state index in [9.17, 15) is 21.6 Å². The lowest BCUT2D eigenvalue weighted by molar-refractivity contribution is -0.118. The molecule has 0 aliphatic rings. The maximum atomic E-state index is 12.9. The quantitative estimate of drug-likeness (QED) is 0.454. The molecule has 10 heteroatoms. The van der Waals surface area contributed by atoms with Crippen molar-refractivity contribution in [1.82, 2.24) is 4.72 Å². The minimum absolute atomic E-state index is 0.0174. The zero-order chi connectivity index (χ0) is 23.9. The van der Waals surface area contributed by atoms with Gasteiger partial charge in [-0.25, -0.2) is 16.8 Å². The molecule has 176 valence electrons. The van der Waals surface area contributed by atoms with Crippen molar-refractivity contribution in [3.8, 4) is 0 Å². The summed E-state index contributed by atoms with van der Waals surface area (Å²) in [5.74, 6) is -0.403. The van der Waals surface area contributed by atoms with Gasteiger partial charge in [0.2, 0.25) is 26.0 Å². The first-order valence-electron chi connectivity index (χ1n) is 10.4. The Kier molecular flexibility index (Phi) is 8.82. The van der Waals surface area contributed by atoms with Gasteiger partial charge >= 0.3 is 0 Å². The molecule has 0 fully saturated rings. The fraction of sp³-hybridized carbons (Fsp3) is 0.409. The molecule has 32 heavy (non-hydrogen) atoms. The SMILES string of the molecule is CCCS(=O)(=O)Nc1ccc(NC(=O)C(CC(C)C)NS(=O)(=O)c2ccc(C)cc2)cc1. The first kappa shape index (κ1) is 25.8. The smallest absolute Gasteiger partial charge is 0.242 e. The highest BCUT2D eigenvalue weighted by Gasteiger charge is 2.26. The number of sulfonamides is 2. The van der Waals surface area contributed by atoms with Crippen LogP contribution in [0.15, 0.2) is 53.4 Å². The molecule has 0 heterocycles. The molecule has 2 rings (SSSR count). The highest BCUT2D eigenvalue weighted by molar-refractivity contribution is 7.92. The first-order chi connectivity index (χ1) is 14.9. The Morgan fingerprint density at radius 1 is 0.906 bits per heavy atom. The Morgan fingerprint density at radius 2 is 1.47 bits per heavy atom. The van der Waals surface area contributed by atoms with Crippen LogP contribution in [-0.4, -0.2) is 34.5 Å². The van der Waals surface area contributed by atoms with Crippen molar-refractivity contribution in [2.45, 2.75) is 51.5 Å².